The highest BCUT2D eigenvalue weighted by molar-refractivity contribution is 5.09. The zero-order valence-electron chi connectivity index (χ0n) is 7.71. The lowest BCUT2D eigenvalue weighted by atomic mass is 9.89. The first-order chi connectivity index (χ1) is 5.90. The van der Waals surface area contributed by atoms with Gasteiger partial charge in [0.1, 0.15) is 0 Å². The molecule has 3 atom stereocenters. The molecule has 0 aromatic rings. The molecule has 0 saturated heterocycles. The van der Waals surface area contributed by atoms with Crippen molar-refractivity contribution in [2.24, 2.45) is 17.8 Å². The minimum Gasteiger partial charge on any atom is -0.103 e. The van der Waals surface area contributed by atoms with Gasteiger partial charge in [-0.2, -0.15) is 0 Å². The van der Waals surface area contributed by atoms with Crippen LogP contribution < -0.4 is 0 Å². The molecule has 3 unspecified atom stereocenters. The molecule has 0 aromatic carbocycles. The van der Waals surface area contributed by atoms with Gasteiger partial charge >= 0.3 is 0 Å². The van der Waals surface area contributed by atoms with Crippen molar-refractivity contribution in [1.29, 1.82) is 0 Å². The number of hydrogen-bond acceptors (Lipinski definition) is 0. The first-order valence-corrected chi connectivity index (χ1v) is 5.19. The molecular weight excluding hydrogens is 144 g/mol. The fourth-order valence-corrected chi connectivity index (χ4v) is 2.75. The van der Waals surface area contributed by atoms with Gasteiger partial charge < -0.3 is 0 Å². The van der Waals surface area contributed by atoms with Crippen LogP contribution in [0.25, 0.3) is 0 Å². The van der Waals surface area contributed by atoms with Gasteiger partial charge in [-0.1, -0.05) is 18.2 Å². The molecule has 0 heteroatoms. The van der Waals surface area contributed by atoms with Gasteiger partial charge in [-0.15, -0.1) is 6.58 Å². The molecule has 1 saturated carbocycles. The summed E-state index contributed by atoms with van der Waals surface area (Å²) in [4.78, 5) is 0. The maximum atomic E-state index is 3.76. The Labute approximate surface area is 75.4 Å². The molecule has 0 spiro atoms. The van der Waals surface area contributed by atoms with E-state index in [1.807, 2.05) is 6.08 Å². The number of fused-ring (bicyclic) bond motifs is 2. The van der Waals surface area contributed by atoms with E-state index in [0.29, 0.717) is 0 Å². The topological polar surface area (TPSA) is 0 Å². The Hall–Kier alpha value is -0.520. The second kappa shape index (κ2) is 3.47. The van der Waals surface area contributed by atoms with Crippen LogP contribution in [0.15, 0.2) is 24.8 Å². The number of hydrogen-bond donors (Lipinski definition) is 0. The lowest BCUT2D eigenvalue weighted by molar-refractivity contribution is 0.405. The summed E-state index contributed by atoms with van der Waals surface area (Å²) in [5.74, 6) is 2.91. The lowest BCUT2D eigenvalue weighted by Gasteiger charge is -2.16. The van der Waals surface area contributed by atoms with E-state index < -0.39 is 0 Å². The van der Waals surface area contributed by atoms with Gasteiger partial charge in [0.25, 0.3) is 0 Å². The molecule has 0 radical (unpaired) electrons. The number of rotatable bonds is 4. The molecule has 66 valence electrons. The molecule has 0 aliphatic heterocycles. The minimum absolute atomic E-state index is 0.944. The van der Waals surface area contributed by atoms with Crippen LogP contribution >= 0.6 is 0 Å². The van der Waals surface area contributed by atoms with E-state index in [2.05, 4.69) is 18.7 Å². The minimum atomic E-state index is 0.944. The van der Waals surface area contributed by atoms with Crippen molar-refractivity contribution in [3.8, 4) is 0 Å². The van der Waals surface area contributed by atoms with Crippen molar-refractivity contribution >= 4 is 0 Å². The third-order valence-electron chi connectivity index (χ3n) is 3.40. The molecule has 2 aliphatic carbocycles. The number of unbranched alkanes of at least 4 members (excludes halogenated alkanes) is 1. The maximum Gasteiger partial charge on any atom is -0.0199 e. The van der Waals surface area contributed by atoms with E-state index in [-0.39, 0.29) is 0 Å². The summed E-state index contributed by atoms with van der Waals surface area (Å²) in [5.41, 5.74) is 0. The Balaban J connectivity index is 1.76. The zero-order chi connectivity index (χ0) is 8.39. The van der Waals surface area contributed by atoms with E-state index in [4.69, 9.17) is 0 Å². The van der Waals surface area contributed by atoms with Crippen LogP contribution in [0.3, 0.4) is 0 Å². The largest absolute Gasteiger partial charge is 0.103 e. The van der Waals surface area contributed by atoms with E-state index in [0.717, 1.165) is 17.8 Å². The Kier molecular flexibility index (Phi) is 2.34. The second-order valence-corrected chi connectivity index (χ2v) is 4.26. The summed E-state index contributed by atoms with van der Waals surface area (Å²) < 4.78 is 0. The van der Waals surface area contributed by atoms with Crippen LogP contribution in [-0.4, -0.2) is 0 Å². The van der Waals surface area contributed by atoms with Crippen LogP contribution in [0.4, 0.5) is 0 Å². The predicted octanol–water partition coefficient (Wildman–Crippen LogP) is 3.55. The van der Waals surface area contributed by atoms with Gasteiger partial charge in [-0.25, -0.2) is 0 Å². The van der Waals surface area contributed by atoms with Crippen molar-refractivity contribution in [2.45, 2.75) is 32.1 Å². The van der Waals surface area contributed by atoms with Crippen LogP contribution in [0.1, 0.15) is 32.1 Å². The Morgan fingerprint density at radius 3 is 2.83 bits per heavy atom. The highest BCUT2D eigenvalue weighted by Gasteiger charge is 2.34. The predicted molar refractivity (Wildman–Crippen MR) is 52.9 cm³/mol. The molecule has 2 bridgehead atoms. The Morgan fingerprint density at radius 1 is 1.33 bits per heavy atom. The standard InChI is InChI=1S/C12H18/c1-2-3-4-5-11-8-10-6-7-12(11)9-10/h2,6-7,10-12H,1,3-5,8-9H2. The third-order valence-corrected chi connectivity index (χ3v) is 3.40. The average Bonchev–Trinajstić information content (AvgIpc) is 2.65. The molecule has 0 N–H and O–H groups in total. The molecule has 12 heavy (non-hydrogen) atoms. The monoisotopic (exact) mass is 162 g/mol. The summed E-state index contributed by atoms with van der Waals surface area (Å²) in [6, 6.07) is 0. The quantitative estimate of drug-likeness (QED) is 0.438. The van der Waals surface area contributed by atoms with Crippen LogP contribution in [0.5, 0.6) is 0 Å². The van der Waals surface area contributed by atoms with Crippen LogP contribution in [0, 0.1) is 17.8 Å². The highest BCUT2D eigenvalue weighted by atomic mass is 14.4. The van der Waals surface area contributed by atoms with E-state index in [9.17, 15) is 0 Å². The van der Waals surface area contributed by atoms with Crippen molar-refractivity contribution in [3.63, 3.8) is 0 Å². The van der Waals surface area contributed by atoms with Gasteiger partial charge in [-0.3, -0.25) is 0 Å². The van der Waals surface area contributed by atoms with Gasteiger partial charge in [0.2, 0.25) is 0 Å². The van der Waals surface area contributed by atoms with Gasteiger partial charge in [-0.05, 0) is 49.9 Å². The second-order valence-electron chi connectivity index (χ2n) is 4.26. The molecule has 0 amide bonds. The van der Waals surface area contributed by atoms with Crippen LogP contribution in [0.2, 0.25) is 0 Å². The molecule has 2 aliphatic rings. The summed E-state index contributed by atoms with van der Waals surface area (Å²) in [6.07, 6.45) is 13.8. The van der Waals surface area contributed by atoms with Gasteiger partial charge in [0.05, 0.1) is 0 Å². The van der Waals surface area contributed by atoms with E-state index in [1.54, 1.807) is 0 Å². The van der Waals surface area contributed by atoms with E-state index >= 15 is 0 Å². The first kappa shape index (κ1) is 8.10. The zero-order valence-corrected chi connectivity index (χ0v) is 7.71. The van der Waals surface area contributed by atoms with Gasteiger partial charge in [0, 0.05) is 0 Å². The maximum absolute atomic E-state index is 3.76. The van der Waals surface area contributed by atoms with Gasteiger partial charge in [0.15, 0.2) is 0 Å². The Morgan fingerprint density at radius 2 is 2.25 bits per heavy atom. The number of allylic oxidation sites excluding steroid dienone is 3. The van der Waals surface area contributed by atoms with Crippen molar-refractivity contribution in [1.82, 2.24) is 0 Å². The molecular formula is C12H18. The average molecular weight is 162 g/mol. The van der Waals surface area contributed by atoms with Crippen LogP contribution in [-0.2, 0) is 0 Å². The SMILES string of the molecule is C=CCCCC1CC2C=CC1C2. The van der Waals surface area contributed by atoms with Crippen molar-refractivity contribution in [2.75, 3.05) is 0 Å². The Bertz CT molecular complexity index is 190. The van der Waals surface area contributed by atoms with E-state index in [1.165, 1.54) is 32.1 Å². The summed E-state index contributed by atoms with van der Waals surface area (Å²) in [6.45, 7) is 3.76. The van der Waals surface area contributed by atoms with Crippen molar-refractivity contribution in [3.05, 3.63) is 24.8 Å². The third kappa shape index (κ3) is 1.48. The molecule has 0 nitrogen and oxygen atoms in total. The lowest BCUT2D eigenvalue weighted by Crippen LogP contribution is -2.06. The first-order valence-electron chi connectivity index (χ1n) is 5.19. The fourth-order valence-electron chi connectivity index (χ4n) is 2.75. The fraction of sp³-hybridized carbons (Fsp3) is 0.667. The summed E-state index contributed by atoms with van der Waals surface area (Å²) >= 11 is 0. The summed E-state index contributed by atoms with van der Waals surface area (Å²) in [5, 5.41) is 0. The molecule has 0 aromatic heterocycles. The van der Waals surface area contributed by atoms with Crippen molar-refractivity contribution < 1.29 is 0 Å². The molecule has 1 fully saturated rings. The normalized spacial score (nSPS) is 37.5. The molecule has 2 rings (SSSR count). The molecule has 0 heterocycles. The highest BCUT2D eigenvalue weighted by Crippen LogP contribution is 2.45. The summed E-state index contributed by atoms with van der Waals surface area (Å²) in [7, 11) is 0. The smallest absolute Gasteiger partial charge is 0.0199 e.